The Labute approximate surface area is 360 Å². The lowest BCUT2D eigenvalue weighted by molar-refractivity contribution is 0.571. The molecule has 0 bridgehead atoms. The summed E-state index contributed by atoms with van der Waals surface area (Å²) in [6.07, 6.45) is 7.76. The first-order chi connectivity index (χ1) is 29.4. The molecule has 0 amide bonds. The van der Waals surface area contributed by atoms with Gasteiger partial charge in [0.1, 0.15) is 0 Å². The highest BCUT2D eigenvalue weighted by Crippen LogP contribution is 2.43. The maximum absolute atomic E-state index is 2.61. The molecule has 0 saturated heterocycles. The third-order valence-electron chi connectivity index (χ3n) is 14.1. The molecule has 0 aliphatic rings. The van der Waals surface area contributed by atoms with Crippen LogP contribution >= 0.6 is 0 Å². The summed E-state index contributed by atoms with van der Waals surface area (Å²) in [5.74, 6) is 0. The van der Waals surface area contributed by atoms with Gasteiger partial charge in [-0.05, 0) is 164 Å². The molecule has 10 aromatic carbocycles. The summed E-state index contributed by atoms with van der Waals surface area (Å²) in [4.78, 5) is 0. The second kappa shape index (κ2) is 14.1. The monoisotopic (exact) mass is 791 g/mol. The quantitative estimate of drug-likeness (QED) is 0.101. The molecule has 0 radical (unpaired) electrons. The van der Waals surface area contributed by atoms with Crippen LogP contribution in [0.4, 0.5) is 0 Å². The zero-order valence-corrected chi connectivity index (χ0v) is 37.1. The normalized spacial score (nSPS) is 13.0. The fraction of sp³-hybridized carbons (Fsp3) is 0.267. The van der Waals surface area contributed by atoms with Gasteiger partial charge in [0, 0.05) is 28.4 Å². The predicted octanol–water partition coefficient (Wildman–Crippen LogP) is 17.9. The van der Waals surface area contributed by atoms with E-state index < -0.39 is 0 Å². The minimum absolute atomic E-state index is 0.106. The van der Waals surface area contributed by atoms with E-state index in [0.717, 1.165) is 6.54 Å². The van der Waals surface area contributed by atoms with E-state index in [2.05, 4.69) is 186 Å². The summed E-state index contributed by atoms with van der Waals surface area (Å²) in [5, 5.41) is 18.8. The van der Waals surface area contributed by atoms with Crippen molar-refractivity contribution in [1.82, 2.24) is 4.57 Å². The van der Waals surface area contributed by atoms with Gasteiger partial charge >= 0.3 is 0 Å². The van der Waals surface area contributed by atoms with Crippen LogP contribution in [0.1, 0.15) is 98.1 Å². The zero-order chi connectivity index (χ0) is 41.8. The van der Waals surface area contributed by atoms with E-state index in [0.29, 0.717) is 0 Å². The first-order valence-electron chi connectivity index (χ1n) is 23.0. The number of fused-ring (bicyclic) bond motifs is 3. The second-order valence-electron chi connectivity index (χ2n) is 20.3. The third-order valence-corrected chi connectivity index (χ3v) is 14.1. The molecule has 11 aromatic rings. The Kier molecular flexibility index (Phi) is 8.77. The molecule has 0 spiro atoms. The minimum Gasteiger partial charge on any atom is -0.340 e. The van der Waals surface area contributed by atoms with Gasteiger partial charge in [0.15, 0.2) is 0 Å². The lowest BCUT2D eigenvalue weighted by Gasteiger charge is -2.21. The maximum Gasteiger partial charge on any atom is 0.0491 e. The van der Waals surface area contributed by atoms with E-state index in [-0.39, 0.29) is 10.8 Å². The van der Waals surface area contributed by atoms with Crippen LogP contribution in [0.2, 0.25) is 0 Å². The molecule has 61 heavy (non-hydrogen) atoms. The van der Waals surface area contributed by atoms with E-state index in [1.165, 1.54) is 158 Å². The Morgan fingerprint density at radius 1 is 0.344 bits per heavy atom. The van der Waals surface area contributed by atoms with Gasteiger partial charge in [0.05, 0.1) is 0 Å². The van der Waals surface area contributed by atoms with Crippen LogP contribution in [0.15, 0.2) is 133 Å². The number of hydrogen-bond acceptors (Lipinski definition) is 0. The summed E-state index contributed by atoms with van der Waals surface area (Å²) in [6.45, 7) is 17.2. The molecule has 0 saturated carbocycles. The number of unbranched alkanes of at least 4 members (excludes halogenated alkanes) is 5. The summed E-state index contributed by atoms with van der Waals surface area (Å²) < 4.78 is 2.61. The standard InChI is InChI=1S/C60H57N/c1-8-9-10-11-12-13-26-61-53-24-22-37(47-27-39-14-18-43-31-49(59(2,3)4)32-44-19-15-40(28-47)55(39)57(43)44)35-51(53)52-36-38(23-25-54(52)61)48-29-41-16-20-45-33-50(60(5,6)7)34-46-21-17-42(30-48)56(41)58(45)46/h14-25,27-36H,8-13,26H2,1-7H3. The number of benzene rings is 10. The number of rotatable bonds is 9. The summed E-state index contributed by atoms with van der Waals surface area (Å²) in [7, 11) is 0. The van der Waals surface area contributed by atoms with Crippen molar-refractivity contribution in [2.45, 2.75) is 104 Å². The molecule has 1 heteroatoms. The summed E-state index contributed by atoms with van der Waals surface area (Å²) in [5.41, 5.74) is 10.8. The number of hydrogen-bond donors (Lipinski definition) is 0. The Hall–Kier alpha value is -5.92. The Morgan fingerprint density at radius 2 is 0.672 bits per heavy atom. The molecule has 0 atom stereocenters. The summed E-state index contributed by atoms with van der Waals surface area (Å²) in [6, 6.07) is 52.5. The van der Waals surface area contributed by atoms with E-state index in [1.807, 2.05) is 0 Å². The highest BCUT2D eigenvalue weighted by Gasteiger charge is 2.20. The average Bonchev–Trinajstić information content (AvgIpc) is 3.56. The van der Waals surface area contributed by atoms with Crippen LogP contribution < -0.4 is 0 Å². The SMILES string of the molecule is CCCCCCCCn1c2ccc(-c3cc4ccc5cc(C(C)(C)C)cc6ccc(c3)c4c56)cc2c2cc(-c3cc4ccc5cc(C(C)(C)C)cc6ccc(c3)c4c56)ccc21. The van der Waals surface area contributed by atoms with Crippen molar-refractivity contribution in [1.29, 1.82) is 0 Å². The van der Waals surface area contributed by atoms with Crippen molar-refractivity contribution in [2.24, 2.45) is 0 Å². The Morgan fingerprint density at radius 3 is 1.02 bits per heavy atom. The molecule has 0 N–H and O–H groups in total. The van der Waals surface area contributed by atoms with Crippen LogP contribution in [-0.4, -0.2) is 4.57 Å². The van der Waals surface area contributed by atoms with Crippen molar-refractivity contribution in [3.8, 4) is 22.3 Å². The molecule has 11 rings (SSSR count). The molecule has 0 aliphatic carbocycles. The lowest BCUT2D eigenvalue weighted by atomic mass is 9.83. The maximum atomic E-state index is 2.61. The number of aromatic nitrogens is 1. The van der Waals surface area contributed by atoms with Crippen LogP contribution in [0.5, 0.6) is 0 Å². The first-order valence-corrected chi connectivity index (χ1v) is 23.0. The van der Waals surface area contributed by atoms with Crippen molar-refractivity contribution < 1.29 is 0 Å². The Bertz CT molecular complexity index is 3110. The van der Waals surface area contributed by atoms with Gasteiger partial charge in [-0.2, -0.15) is 0 Å². The molecular weight excluding hydrogens is 735 g/mol. The molecule has 1 nitrogen and oxygen atoms in total. The van der Waals surface area contributed by atoms with Gasteiger partial charge in [-0.3, -0.25) is 0 Å². The third kappa shape index (κ3) is 6.34. The van der Waals surface area contributed by atoms with Gasteiger partial charge in [-0.1, -0.05) is 165 Å². The van der Waals surface area contributed by atoms with Crippen molar-refractivity contribution >= 4 is 86.4 Å². The van der Waals surface area contributed by atoms with Crippen LogP contribution in [0.3, 0.4) is 0 Å². The number of nitrogens with zero attached hydrogens (tertiary/aromatic N) is 1. The highest BCUT2D eigenvalue weighted by atomic mass is 15.0. The van der Waals surface area contributed by atoms with Gasteiger partial charge in [-0.15, -0.1) is 0 Å². The molecule has 1 aromatic heterocycles. The molecule has 0 unspecified atom stereocenters. The van der Waals surface area contributed by atoms with Gasteiger partial charge in [0.2, 0.25) is 0 Å². The molecular formula is C60H57N. The summed E-state index contributed by atoms with van der Waals surface area (Å²) >= 11 is 0. The van der Waals surface area contributed by atoms with E-state index in [4.69, 9.17) is 0 Å². The zero-order valence-electron chi connectivity index (χ0n) is 37.1. The highest BCUT2D eigenvalue weighted by molar-refractivity contribution is 6.25. The van der Waals surface area contributed by atoms with Crippen LogP contribution in [0.25, 0.3) is 109 Å². The van der Waals surface area contributed by atoms with Gasteiger partial charge in [0.25, 0.3) is 0 Å². The van der Waals surface area contributed by atoms with Crippen LogP contribution in [0, 0.1) is 0 Å². The second-order valence-corrected chi connectivity index (χ2v) is 20.3. The fourth-order valence-electron chi connectivity index (χ4n) is 10.6. The molecule has 0 aliphatic heterocycles. The molecule has 0 fully saturated rings. The molecule has 1 heterocycles. The van der Waals surface area contributed by atoms with Gasteiger partial charge in [-0.25, -0.2) is 0 Å². The smallest absolute Gasteiger partial charge is 0.0491 e. The van der Waals surface area contributed by atoms with Crippen molar-refractivity contribution in [2.75, 3.05) is 0 Å². The Balaban J connectivity index is 1.04. The van der Waals surface area contributed by atoms with E-state index in [1.54, 1.807) is 0 Å². The topological polar surface area (TPSA) is 4.93 Å². The minimum atomic E-state index is 0.106. The fourth-order valence-corrected chi connectivity index (χ4v) is 10.6. The number of aryl methyl sites for hydroxylation is 1. The van der Waals surface area contributed by atoms with E-state index in [9.17, 15) is 0 Å². The first kappa shape index (κ1) is 38.0. The molecule has 302 valence electrons. The van der Waals surface area contributed by atoms with Gasteiger partial charge < -0.3 is 4.57 Å². The predicted molar refractivity (Wildman–Crippen MR) is 268 cm³/mol. The average molecular weight is 792 g/mol. The lowest BCUT2D eigenvalue weighted by Crippen LogP contribution is -2.10. The van der Waals surface area contributed by atoms with Crippen molar-refractivity contribution in [3.63, 3.8) is 0 Å². The van der Waals surface area contributed by atoms with E-state index >= 15 is 0 Å². The largest absolute Gasteiger partial charge is 0.340 e. The van der Waals surface area contributed by atoms with Crippen molar-refractivity contribution in [3.05, 3.63) is 145 Å². The van der Waals surface area contributed by atoms with Crippen LogP contribution in [-0.2, 0) is 17.4 Å².